The number of hydrogen-bond acceptors (Lipinski definition) is 5. The molecule has 2 N–H and O–H groups in total. The highest BCUT2D eigenvalue weighted by atomic mass is 16.5. The van der Waals surface area contributed by atoms with Crippen LogP contribution in [0, 0.1) is 0 Å². The Morgan fingerprint density at radius 2 is 1.80 bits per heavy atom. The summed E-state index contributed by atoms with van der Waals surface area (Å²) in [5.41, 5.74) is 8.16. The zero-order valence-corrected chi connectivity index (χ0v) is 11.9. The van der Waals surface area contributed by atoms with Crippen molar-refractivity contribution in [2.45, 2.75) is 12.5 Å². The maximum Gasteiger partial charge on any atom is 0.203 e. The van der Waals surface area contributed by atoms with Gasteiger partial charge < -0.3 is 24.4 Å². The van der Waals surface area contributed by atoms with Crippen molar-refractivity contribution >= 4 is 0 Å². The first-order valence-corrected chi connectivity index (χ1v) is 6.26. The molecule has 5 heteroatoms. The quantitative estimate of drug-likeness (QED) is 0.879. The van der Waals surface area contributed by atoms with Crippen molar-refractivity contribution in [3.05, 3.63) is 41.9 Å². The molecule has 1 aromatic heterocycles. The van der Waals surface area contributed by atoms with Crippen molar-refractivity contribution in [3.63, 3.8) is 0 Å². The van der Waals surface area contributed by atoms with E-state index in [4.69, 9.17) is 24.4 Å². The fourth-order valence-electron chi connectivity index (χ4n) is 2.19. The average molecular weight is 277 g/mol. The van der Waals surface area contributed by atoms with E-state index in [1.165, 1.54) is 0 Å². The minimum absolute atomic E-state index is 0.220. The molecule has 0 aliphatic carbocycles. The molecule has 0 bridgehead atoms. The van der Waals surface area contributed by atoms with Crippen LogP contribution in [-0.2, 0) is 6.42 Å². The molecule has 0 spiro atoms. The summed E-state index contributed by atoms with van der Waals surface area (Å²) in [6, 6.07) is 5.39. The predicted molar refractivity (Wildman–Crippen MR) is 75.4 cm³/mol. The third kappa shape index (κ3) is 2.72. The van der Waals surface area contributed by atoms with Crippen LogP contribution in [0.1, 0.15) is 17.2 Å². The lowest BCUT2D eigenvalue weighted by atomic mass is 9.99. The molecule has 20 heavy (non-hydrogen) atoms. The number of ether oxygens (including phenoxy) is 3. The van der Waals surface area contributed by atoms with Crippen LogP contribution in [0.4, 0.5) is 0 Å². The Labute approximate surface area is 118 Å². The third-order valence-corrected chi connectivity index (χ3v) is 3.17. The first kappa shape index (κ1) is 14.3. The summed E-state index contributed by atoms with van der Waals surface area (Å²) in [4.78, 5) is 0. The Balaban J connectivity index is 2.35. The second-order valence-corrected chi connectivity index (χ2v) is 4.37. The molecule has 2 rings (SSSR count). The molecule has 5 nitrogen and oxygen atoms in total. The lowest BCUT2D eigenvalue weighted by Gasteiger charge is -2.19. The molecule has 0 fully saturated rings. The van der Waals surface area contributed by atoms with Crippen LogP contribution in [0.2, 0.25) is 0 Å². The Bertz CT molecular complexity index is 551. The Morgan fingerprint density at radius 3 is 2.35 bits per heavy atom. The van der Waals surface area contributed by atoms with E-state index in [1.54, 1.807) is 33.9 Å². The maximum absolute atomic E-state index is 6.26. The molecule has 1 heterocycles. The van der Waals surface area contributed by atoms with E-state index in [9.17, 15) is 0 Å². The molecule has 0 aliphatic rings. The summed E-state index contributed by atoms with van der Waals surface area (Å²) in [7, 11) is 4.75. The predicted octanol–water partition coefficient (Wildman–Crippen LogP) is 2.55. The fraction of sp³-hybridized carbons (Fsp3) is 0.333. The number of benzene rings is 1. The zero-order chi connectivity index (χ0) is 14.5. The van der Waals surface area contributed by atoms with E-state index in [2.05, 4.69) is 0 Å². The molecular weight excluding hydrogens is 258 g/mol. The molecule has 0 aliphatic heterocycles. The van der Waals surface area contributed by atoms with E-state index in [0.29, 0.717) is 23.7 Å². The average Bonchev–Trinajstić information content (AvgIpc) is 2.98. The monoisotopic (exact) mass is 277 g/mol. The summed E-state index contributed by atoms with van der Waals surface area (Å²) < 4.78 is 21.1. The normalized spacial score (nSPS) is 12.0. The van der Waals surface area contributed by atoms with Crippen LogP contribution in [-0.4, -0.2) is 21.3 Å². The second-order valence-electron chi connectivity index (χ2n) is 4.37. The van der Waals surface area contributed by atoms with Gasteiger partial charge in [-0.05, 0) is 30.2 Å². The van der Waals surface area contributed by atoms with E-state index in [1.807, 2.05) is 18.2 Å². The zero-order valence-electron chi connectivity index (χ0n) is 11.9. The van der Waals surface area contributed by atoms with Gasteiger partial charge in [-0.1, -0.05) is 0 Å². The van der Waals surface area contributed by atoms with Crippen molar-refractivity contribution in [1.82, 2.24) is 0 Å². The molecular formula is C15H19NO4. The number of nitrogens with two attached hydrogens (primary N) is 1. The lowest BCUT2D eigenvalue weighted by molar-refractivity contribution is 0.320. The molecule has 1 unspecified atom stereocenters. The van der Waals surface area contributed by atoms with Crippen LogP contribution >= 0.6 is 0 Å². The van der Waals surface area contributed by atoms with Gasteiger partial charge in [0.05, 0.1) is 33.9 Å². The summed E-state index contributed by atoms with van der Waals surface area (Å²) in [5.74, 6) is 1.77. The standard InChI is InChI=1S/C15H19NO4/c1-17-13-5-4-11(14(18-2)15(13)19-3)12(16)8-10-6-7-20-9-10/h4-7,9,12H,8,16H2,1-3H3. The van der Waals surface area contributed by atoms with Crippen LogP contribution < -0.4 is 19.9 Å². The van der Waals surface area contributed by atoms with Crippen LogP contribution in [0.25, 0.3) is 0 Å². The van der Waals surface area contributed by atoms with E-state index < -0.39 is 0 Å². The van der Waals surface area contributed by atoms with Gasteiger partial charge >= 0.3 is 0 Å². The van der Waals surface area contributed by atoms with Gasteiger partial charge in [0.2, 0.25) is 5.75 Å². The molecule has 1 atom stereocenters. The molecule has 0 saturated carbocycles. The number of furan rings is 1. The van der Waals surface area contributed by atoms with E-state index in [-0.39, 0.29) is 6.04 Å². The van der Waals surface area contributed by atoms with Gasteiger partial charge in [-0.2, -0.15) is 0 Å². The Hall–Kier alpha value is -2.14. The van der Waals surface area contributed by atoms with Gasteiger partial charge in [0, 0.05) is 11.6 Å². The largest absolute Gasteiger partial charge is 0.493 e. The fourth-order valence-corrected chi connectivity index (χ4v) is 2.19. The van der Waals surface area contributed by atoms with E-state index >= 15 is 0 Å². The molecule has 0 amide bonds. The highest BCUT2D eigenvalue weighted by Crippen LogP contribution is 2.42. The SMILES string of the molecule is COc1ccc(C(N)Cc2ccoc2)c(OC)c1OC. The number of rotatable bonds is 6. The van der Waals surface area contributed by atoms with Crippen molar-refractivity contribution in [1.29, 1.82) is 0 Å². The maximum atomic E-state index is 6.26. The van der Waals surface area contributed by atoms with Crippen molar-refractivity contribution in [2.75, 3.05) is 21.3 Å². The first-order valence-electron chi connectivity index (χ1n) is 6.26. The summed E-state index contributed by atoms with van der Waals surface area (Å²) in [5, 5.41) is 0. The first-order chi connectivity index (χ1) is 9.71. The second kappa shape index (κ2) is 6.34. The van der Waals surface area contributed by atoms with E-state index in [0.717, 1.165) is 11.1 Å². The highest BCUT2D eigenvalue weighted by molar-refractivity contribution is 5.56. The van der Waals surface area contributed by atoms with Crippen LogP contribution in [0.15, 0.2) is 35.1 Å². The molecule has 1 aromatic carbocycles. The summed E-state index contributed by atoms with van der Waals surface area (Å²) in [6.45, 7) is 0. The third-order valence-electron chi connectivity index (χ3n) is 3.17. The molecule has 2 aromatic rings. The van der Waals surface area contributed by atoms with Gasteiger partial charge in [0.25, 0.3) is 0 Å². The topological polar surface area (TPSA) is 66.9 Å². The summed E-state index contributed by atoms with van der Waals surface area (Å²) in [6.07, 6.45) is 3.98. The Morgan fingerprint density at radius 1 is 1.05 bits per heavy atom. The minimum Gasteiger partial charge on any atom is -0.493 e. The van der Waals surface area contributed by atoms with Gasteiger partial charge in [0.1, 0.15) is 0 Å². The molecule has 108 valence electrons. The van der Waals surface area contributed by atoms with Gasteiger partial charge in [-0.15, -0.1) is 0 Å². The van der Waals surface area contributed by atoms with Crippen molar-refractivity contribution in [3.8, 4) is 17.2 Å². The number of methoxy groups -OCH3 is 3. The van der Waals surface area contributed by atoms with Crippen molar-refractivity contribution in [2.24, 2.45) is 5.73 Å². The number of hydrogen-bond donors (Lipinski definition) is 1. The smallest absolute Gasteiger partial charge is 0.203 e. The summed E-state index contributed by atoms with van der Waals surface area (Å²) >= 11 is 0. The molecule has 0 radical (unpaired) electrons. The molecule has 0 saturated heterocycles. The Kier molecular flexibility index (Phi) is 4.53. The van der Waals surface area contributed by atoms with Gasteiger partial charge in [0.15, 0.2) is 11.5 Å². The lowest BCUT2D eigenvalue weighted by Crippen LogP contribution is -2.14. The van der Waals surface area contributed by atoms with Gasteiger partial charge in [-0.25, -0.2) is 0 Å². The van der Waals surface area contributed by atoms with Crippen LogP contribution in [0.3, 0.4) is 0 Å². The van der Waals surface area contributed by atoms with Crippen LogP contribution in [0.5, 0.6) is 17.2 Å². The highest BCUT2D eigenvalue weighted by Gasteiger charge is 2.20. The minimum atomic E-state index is -0.220. The van der Waals surface area contributed by atoms with Gasteiger partial charge in [-0.3, -0.25) is 0 Å². The van der Waals surface area contributed by atoms with Crippen molar-refractivity contribution < 1.29 is 18.6 Å².